The average Bonchev–Trinajstić information content (AvgIpc) is 3.29. The third-order valence-electron chi connectivity index (χ3n) is 6.57. The summed E-state index contributed by atoms with van der Waals surface area (Å²) in [7, 11) is 0. The zero-order valence-corrected chi connectivity index (χ0v) is 16.9. The predicted molar refractivity (Wildman–Crippen MR) is 120 cm³/mol. The quantitative estimate of drug-likeness (QED) is 0.470. The number of thioether (sulfide) groups is 1. The van der Waals surface area contributed by atoms with Gasteiger partial charge in [0.25, 0.3) is 0 Å². The van der Waals surface area contributed by atoms with Crippen molar-refractivity contribution in [3.05, 3.63) is 117 Å². The lowest BCUT2D eigenvalue weighted by Crippen LogP contribution is -2.27. The summed E-state index contributed by atoms with van der Waals surface area (Å²) in [5.41, 5.74) is 12.6. The van der Waals surface area contributed by atoms with E-state index in [1.807, 2.05) is 11.8 Å². The summed E-state index contributed by atoms with van der Waals surface area (Å²) >= 11 is 2.05. The molecule has 0 N–H and O–H groups in total. The first-order valence-electron chi connectivity index (χ1n) is 10.1. The molecule has 0 radical (unpaired) electrons. The molecular weight excluding hydrogens is 356 g/mol. The molecule has 0 amide bonds. The van der Waals surface area contributed by atoms with Crippen LogP contribution in [0.3, 0.4) is 0 Å². The summed E-state index contributed by atoms with van der Waals surface area (Å²) in [4.78, 5) is 1.51. The summed E-state index contributed by atoms with van der Waals surface area (Å²) in [6, 6.07) is 18.1. The fraction of sp³-hybridized carbons (Fsp3) is 0.185. The van der Waals surface area contributed by atoms with Gasteiger partial charge in [0.2, 0.25) is 0 Å². The average molecular weight is 379 g/mol. The topological polar surface area (TPSA) is 0 Å². The van der Waals surface area contributed by atoms with E-state index in [0.29, 0.717) is 0 Å². The Morgan fingerprint density at radius 3 is 2.36 bits per heavy atom. The van der Waals surface area contributed by atoms with Crippen molar-refractivity contribution < 1.29 is 0 Å². The van der Waals surface area contributed by atoms with E-state index >= 15 is 0 Å². The van der Waals surface area contributed by atoms with E-state index in [9.17, 15) is 0 Å². The summed E-state index contributed by atoms with van der Waals surface area (Å²) in [6.45, 7) is 6.77. The Labute approximate surface area is 171 Å². The van der Waals surface area contributed by atoms with Gasteiger partial charge in [-0.15, -0.1) is 11.8 Å². The lowest BCUT2D eigenvalue weighted by molar-refractivity contribution is 0.802. The van der Waals surface area contributed by atoms with Crippen LogP contribution in [0.2, 0.25) is 0 Å². The van der Waals surface area contributed by atoms with Crippen molar-refractivity contribution in [2.45, 2.75) is 25.2 Å². The van der Waals surface area contributed by atoms with Gasteiger partial charge in [-0.2, -0.15) is 0 Å². The molecule has 1 heteroatoms. The molecule has 1 aliphatic heterocycles. The smallest absolute Gasteiger partial charge is 0.0781 e. The van der Waals surface area contributed by atoms with E-state index in [-0.39, 0.29) is 5.41 Å². The number of rotatable bonds is 0. The molecule has 2 aromatic carbocycles. The van der Waals surface area contributed by atoms with Gasteiger partial charge in [-0.25, -0.2) is 0 Å². The van der Waals surface area contributed by atoms with Crippen LogP contribution in [0.5, 0.6) is 0 Å². The van der Waals surface area contributed by atoms with Gasteiger partial charge in [-0.05, 0) is 64.3 Å². The molecule has 0 fully saturated rings. The van der Waals surface area contributed by atoms with Crippen molar-refractivity contribution in [3.8, 4) is 11.1 Å². The number of fused-ring (bicyclic) bond motifs is 8. The molecule has 1 spiro atoms. The SMILES string of the molecule is C=C1/C=C\CCSC2=C1C1=C(C=C(C)C1)C21c2ccccc2-c2ccccc21. The van der Waals surface area contributed by atoms with Crippen molar-refractivity contribution in [1.82, 2.24) is 0 Å². The highest BCUT2D eigenvalue weighted by Gasteiger charge is 2.54. The van der Waals surface area contributed by atoms with E-state index in [4.69, 9.17) is 0 Å². The first-order valence-corrected chi connectivity index (χ1v) is 11.1. The number of allylic oxidation sites excluding steroid dienone is 9. The van der Waals surface area contributed by atoms with Crippen molar-refractivity contribution in [1.29, 1.82) is 0 Å². The second-order valence-electron chi connectivity index (χ2n) is 8.17. The van der Waals surface area contributed by atoms with E-state index in [0.717, 1.165) is 18.6 Å². The molecule has 0 unspecified atom stereocenters. The Hall–Kier alpha value is -2.51. The summed E-state index contributed by atoms with van der Waals surface area (Å²) in [6.07, 6.45) is 9.15. The molecule has 0 bridgehead atoms. The Morgan fingerprint density at radius 1 is 0.964 bits per heavy atom. The standard InChI is InChI=1S/C27H22S/c1-17-15-21-24(16-17)27(26-25(21)18(2)9-7-8-14-28-26)22-12-5-3-10-19(22)20-11-4-6-13-23(20)27/h3-7,9-13,16H,2,8,14-15H2,1H3/b9-7-. The van der Waals surface area contributed by atoms with Gasteiger partial charge >= 0.3 is 0 Å². The third-order valence-corrected chi connectivity index (χ3v) is 7.81. The van der Waals surface area contributed by atoms with Crippen LogP contribution in [0, 0.1) is 0 Å². The molecule has 2 aromatic rings. The Bertz CT molecular complexity index is 1140. The highest BCUT2D eigenvalue weighted by atomic mass is 32.2. The highest BCUT2D eigenvalue weighted by Crippen LogP contribution is 2.66. The predicted octanol–water partition coefficient (Wildman–Crippen LogP) is 7.12. The minimum absolute atomic E-state index is 0.158. The van der Waals surface area contributed by atoms with Crippen molar-refractivity contribution in [3.63, 3.8) is 0 Å². The lowest BCUT2D eigenvalue weighted by atomic mass is 9.73. The van der Waals surface area contributed by atoms with Crippen molar-refractivity contribution >= 4 is 11.8 Å². The normalized spacial score (nSPS) is 22.5. The number of hydrogen-bond donors (Lipinski definition) is 0. The highest BCUT2D eigenvalue weighted by molar-refractivity contribution is 8.03. The second kappa shape index (κ2) is 5.75. The molecule has 0 saturated carbocycles. The first-order chi connectivity index (χ1) is 13.7. The molecule has 1 heterocycles. The molecule has 6 rings (SSSR count). The van der Waals surface area contributed by atoms with Crippen LogP contribution in [0.4, 0.5) is 0 Å². The van der Waals surface area contributed by atoms with E-state index in [1.165, 1.54) is 55.0 Å². The minimum Gasteiger partial charge on any atom is -0.128 e. The van der Waals surface area contributed by atoms with Crippen LogP contribution >= 0.6 is 11.8 Å². The third kappa shape index (κ3) is 1.88. The maximum Gasteiger partial charge on any atom is 0.0781 e. The van der Waals surface area contributed by atoms with Crippen LogP contribution in [0.15, 0.2) is 106 Å². The lowest BCUT2D eigenvalue weighted by Gasteiger charge is -2.33. The van der Waals surface area contributed by atoms with Gasteiger partial charge in [0.1, 0.15) is 0 Å². The summed E-state index contributed by atoms with van der Waals surface area (Å²) in [5, 5.41) is 0. The van der Waals surface area contributed by atoms with E-state index in [1.54, 1.807) is 0 Å². The molecular formula is C27H22S. The Balaban J connectivity index is 1.78. The second-order valence-corrected chi connectivity index (χ2v) is 9.27. The van der Waals surface area contributed by atoms with E-state index in [2.05, 4.69) is 80.3 Å². The first kappa shape index (κ1) is 16.4. The Kier molecular flexibility index (Phi) is 3.38. The van der Waals surface area contributed by atoms with Crippen LogP contribution in [-0.2, 0) is 5.41 Å². The van der Waals surface area contributed by atoms with Crippen molar-refractivity contribution in [2.24, 2.45) is 0 Å². The largest absolute Gasteiger partial charge is 0.128 e. The zero-order valence-electron chi connectivity index (χ0n) is 16.1. The fourth-order valence-corrected chi connectivity index (χ4v) is 6.99. The van der Waals surface area contributed by atoms with Gasteiger partial charge in [-0.3, -0.25) is 0 Å². The van der Waals surface area contributed by atoms with Crippen LogP contribution < -0.4 is 0 Å². The maximum absolute atomic E-state index is 4.50. The van der Waals surface area contributed by atoms with E-state index < -0.39 is 0 Å². The molecule has 3 aliphatic carbocycles. The van der Waals surface area contributed by atoms with Gasteiger partial charge in [0.05, 0.1) is 5.41 Å². The maximum atomic E-state index is 4.50. The van der Waals surface area contributed by atoms with Gasteiger partial charge < -0.3 is 0 Å². The molecule has 0 aromatic heterocycles. The van der Waals surface area contributed by atoms with Gasteiger partial charge in [-0.1, -0.05) is 78.9 Å². The summed E-state index contributed by atoms with van der Waals surface area (Å²) in [5.74, 6) is 1.12. The monoisotopic (exact) mass is 378 g/mol. The Morgan fingerprint density at radius 2 is 1.64 bits per heavy atom. The minimum atomic E-state index is -0.158. The molecule has 0 saturated heterocycles. The van der Waals surface area contributed by atoms with Crippen LogP contribution in [0.1, 0.15) is 30.9 Å². The zero-order chi connectivity index (χ0) is 18.9. The molecule has 28 heavy (non-hydrogen) atoms. The summed E-state index contributed by atoms with van der Waals surface area (Å²) < 4.78 is 0. The molecule has 136 valence electrons. The molecule has 0 atom stereocenters. The van der Waals surface area contributed by atoms with Gasteiger partial charge in [0, 0.05) is 10.7 Å². The van der Waals surface area contributed by atoms with Crippen molar-refractivity contribution in [2.75, 3.05) is 5.75 Å². The van der Waals surface area contributed by atoms with Crippen LogP contribution in [0.25, 0.3) is 11.1 Å². The van der Waals surface area contributed by atoms with Gasteiger partial charge in [0.15, 0.2) is 0 Å². The number of hydrogen-bond acceptors (Lipinski definition) is 1. The fourth-order valence-electron chi connectivity index (χ4n) is 5.59. The van der Waals surface area contributed by atoms with Crippen LogP contribution in [-0.4, -0.2) is 5.75 Å². The molecule has 0 nitrogen and oxygen atoms in total. The number of benzene rings is 2. The molecule has 4 aliphatic rings.